The minimum absolute atomic E-state index is 0.136. The van der Waals surface area contributed by atoms with E-state index in [4.69, 9.17) is 4.52 Å². The lowest BCUT2D eigenvalue weighted by Gasteiger charge is -2.23. The van der Waals surface area contributed by atoms with Crippen molar-refractivity contribution >= 4 is 22.9 Å². The maximum atomic E-state index is 13.2. The standard InChI is InChI=1S/C22H26N4O3/c1-13(2)11-18(22(28)26(4)5)23-20(27)16-12-17(15-9-7-6-8-10-15)24-21-19(16)14(3)25-29-21/h6-10,12-13,18H,11H2,1-5H3,(H,23,27)/t18-/m1/s1. The van der Waals surface area contributed by atoms with Crippen molar-refractivity contribution in [1.82, 2.24) is 20.4 Å². The first kappa shape index (κ1) is 20.5. The number of amides is 2. The average Bonchev–Trinajstić information content (AvgIpc) is 3.07. The van der Waals surface area contributed by atoms with E-state index in [-0.39, 0.29) is 17.7 Å². The van der Waals surface area contributed by atoms with Gasteiger partial charge >= 0.3 is 0 Å². The Morgan fingerprint density at radius 1 is 1.17 bits per heavy atom. The fourth-order valence-electron chi connectivity index (χ4n) is 3.27. The van der Waals surface area contributed by atoms with Crippen LogP contribution in [-0.2, 0) is 4.79 Å². The second kappa shape index (κ2) is 8.43. The normalized spacial score (nSPS) is 12.2. The molecule has 0 spiro atoms. The van der Waals surface area contributed by atoms with E-state index in [2.05, 4.69) is 15.5 Å². The lowest BCUT2D eigenvalue weighted by Crippen LogP contribution is -2.47. The van der Waals surface area contributed by atoms with Gasteiger partial charge in [-0.05, 0) is 25.3 Å². The van der Waals surface area contributed by atoms with Crippen molar-refractivity contribution in [2.75, 3.05) is 14.1 Å². The molecule has 3 rings (SSSR count). The Morgan fingerprint density at radius 2 is 1.86 bits per heavy atom. The summed E-state index contributed by atoms with van der Waals surface area (Å²) in [5.74, 6) is -0.233. The Morgan fingerprint density at radius 3 is 2.48 bits per heavy atom. The Bertz CT molecular complexity index is 1030. The summed E-state index contributed by atoms with van der Waals surface area (Å²) < 4.78 is 5.34. The zero-order valence-electron chi connectivity index (χ0n) is 17.4. The van der Waals surface area contributed by atoms with Gasteiger partial charge in [-0.15, -0.1) is 0 Å². The molecular weight excluding hydrogens is 368 g/mol. The van der Waals surface area contributed by atoms with Crippen LogP contribution in [0.2, 0.25) is 0 Å². The number of carbonyl (C=O) groups excluding carboxylic acids is 2. The third-order valence-electron chi connectivity index (χ3n) is 4.68. The zero-order chi connectivity index (χ0) is 21.1. The highest BCUT2D eigenvalue weighted by Crippen LogP contribution is 2.27. The van der Waals surface area contributed by atoms with Crippen molar-refractivity contribution in [3.63, 3.8) is 0 Å². The second-order valence-electron chi connectivity index (χ2n) is 7.76. The van der Waals surface area contributed by atoms with Gasteiger partial charge in [-0.25, -0.2) is 4.98 Å². The van der Waals surface area contributed by atoms with Gasteiger partial charge in [0.15, 0.2) is 0 Å². The molecule has 2 heterocycles. The molecule has 0 aliphatic carbocycles. The van der Waals surface area contributed by atoms with Crippen LogP contribution in [0.3, 0.4) is 0 Å². The Hall–Kier alpha value is -3.22. The number of aryl methyl sites for hydroxylation is 1. The number of nitrogens with zero attached hydrogens (tertiary/aromatic N) is 3. The number of aromatic nitrogens is 2. The molecular formula is C22H26N4O3. The first-order valence-electron chi connectivity index (χ1n) is 9.62. The average molecular weight is 394 g/mol. The molecule has 1 atom stereocenters. The molecule has 0 unspecified atom stereocenters. The first-order chi connectivity index (χ1) is 13.8. The minimum Gasteiger partial charge on any atom is -0.347 e. The summed E-state index contributed by atoms with van der Waals surface area (Å²) in [5, 5.41) is 7.44. The molecule has 0 aliphatic heterocycles. The lowest BCUT2D eigenvalue weighted by molar-refractivity contribution is -0.131. The molecule has 0 saturated heterocycles. The summed E-state index contributed by atoms with van der Waals surface area (Å²) in [7, 11) is 3.37. The van der Waals surface area contributed by atoms with Gasteiger partial charge in [-0.1, -0.05) is 49.3 Å². The van der Waals surface area contributed by atoms with Crippen molar-refractivity contribution in [1.29, 1.82) is 0 Å². The zero-order valence-corrected chi connectivity index (χ0v) is 17.4. The summed E-state index contributed by atoms with van der Waals surface area (Å²) in [4.78, 5) is 31.8. The van der Waals surface area contributed by atoms with Crippen molar-refractivity contribution in [2.45, 2.75) is 33.2 Å². The molecule has 2 aromatic heterocycles. The largest absolute Gasteiger partial charge is 0.347 e. The van der Waals surface area contributed by atoms with Crippen molar-refractivity contribution in [2.24, 2.45) is 5.92 Å². The maximum Gasteiger partial charge on any atom is 0.259 e. The van der Waals surface area contributed by atoms with Crippen molar-refractivity contribution in [3.8, 4) is 11.3 Å². The number of likely N-dealkylation sites (N-methyl/N-ethyl adjacent to an activating group) is 1. The van der Waals surface area contributed by atoms with Crippen LogP contribution in [-0.4, -0.2) is 47.0 Å². The summed E-state index contributed by atoms with van der Waals surface area (Å²) in [6, 6.07) is 10.7. The number of carbonyl (C=O) groups is 2. The fourth-order valence-corrected chi connectivity index (χ4v) is 3.27. The van der Waals surface area contributed by atoms with E-state index >= 15 is 0 Å². The molecule has 0 fully saturated rings. The van der Waals surface area contributed by atoms with Crippen LogP contribution in [0, 0.1) is 12.8 Å². The molecule has 1 N–H and O–H groups in total. The molecule has 0 saturated carbocycles. The molecule has 7 nitrogen and oxygen atoms in total. The van der Waals surface area contributed by atoms with E-state index in [0.29, 0.717) is 34.5 Å². The van der Waals surface area contributed by atoms with Gasteiger partial charge in [-0.3, -0.25) is 9.59 Å². The van der Waals surface area contributed by atoms with Crippen LogP contribution in [0.1, 0.15) is 36.3 Å². The minimum atomic E-state index is -0.610. The highest BCUT2D eigenvalue weighted by atomic mass is 16.5. The second-order valence-corrected chi connectivity index (χ2v) is 7.76. The van der Waals surface area contributed by atoms with Crippen LogP contribution in [0.15, 0.2) is 40.9 Å². The molecule has 3 aromatic rings. The summed E-state index contributed by atoms with van der Waals surface area (Å²) >= 11 is 0. The van der Waals surface area contributed by atoms with Gasteiger partial charge in [0.2, 0.25) is 5.91 Å². The first-order valence-corrected chi connectivity index (χ1v) is 9.62. The van der Waals surface area contributed by atoms with Crippen molar-refractivity contribution in [3.05, 3.63) is 47.7 Å². The molecule has 7 heteroatoms. The van der Waals surface area contributed by atoms with E-state index in [1.165, 1.54) is 4.90 Å². The van der Waals surface area contributed by atoms with Gasteiger partial charge in [0.05, 0.1) is 22.3 Å². The van der Waals surface area contributed by atoms with Crippen LogP contribution in [0.5, 0.6) is 0 Å². The van der Waals surface area contributed by atoms with Crippen molar-refractivity contribution < 1.29 is 14.1 Å². The molecule has 0 bridgehead atoms. The van der Waals surface area contributed by atoms with Gasteiger partial charge < -0.3 is 14.7 Å². The predicted octanol–water partition coefficient (Wildman–Crippen LogP) is 3.43. The smallest absolute Gasteiger partial charge is 0.259 e. The molecule has 29 heavy (non-hydrogen) atoms. The van der Waals surface area contributed by atoms with Crippen LogP contribution in [0.4, 0.5) is 0 Å². The third kappa shape index (κ3) is 4.45. The van der Waals surface area contributed by atoms with Gasteiger partial charge in [-0.2, -0.15) is 0 Å². The Labute approximate surface area is 170 Å². The molecule has 0 radical (unpaired) electrons. The maximum absolute atomic E-state index is 13.2. The van der Waals surface area contributed by atoms with E-state index in [1.54, 1.807) is 27.1 Å². The van der Waals surface area contributed by atoms with E-state index in [9.17, 15) is 9.59 Å². The molecule has 2 amide bonds. The number of fused-ring (bicyclic) bond motifs is 1. The molecule has 0 aliphatic rings. The summed E-state index contributed by atoms with van der Waals surface area (Å²) in [5.41, 5.74) is 2.75. The Balaban J connectivity index is 2.03. The molecule has 152 valence electrons. The Kier molecular flexibility index (Phi) is 5.96. The fraction of sp³-hybridized carbons (Fsp3) is 0.364. The summed E-state index contributed by atoms with van der Waals surface area (Å²) in [6.45, 7) is 5.80. The number of rotatable bonds is 6. The number of hydrogen-bond acceptors (Lipinski definition) is 5. The molecule has 1 aromatic carbocycles. The highest BCUT2D eigenvalue weighted by molar-refractivity contribution is 6.08. The van der Waals surface area contributed by atoms with Gasteiger partial charge in [0.1, 0.15) is 6.04 Å². The van der Waals surface area contributed by atoms with Crippen LogP contribution >= 0.6 is 0 Å². The summed E-state index contributed by atoms with van der Waals surface area (Å²) in [6.07, 6.45) is 0.547. The van der Waals surface area contributed by atoms with Crippen LogP contribution < -0.4 is 5.32 Å². The number of pyridine rings is 1. The van der Waals surface area contributed by atoms with E-state index in [1.807, 2.05) is 44.2 Å². The van der Waals surface area contributed by atoms with Gasteiger partial charge in [0.25, 0.3) is 11.6 Å². The lowest BCUT2D eigenvalue weighted by atomic mass is 10.0. The SMILES string of the molecule is Cc1noc2nc(-c3ccccc3)cc(C(=O)N[C@H](CC(C)C)C(=O)N(C)C)c12. The monoisotopic (exact) mass is 394 g/mol. The number of benzene rings is 1. The van der Waals surface area contributed by atoms with E-state index in [0.717, 1.165) is 5.56 Å². The van der Waals surface area contributed by atoms with Crippen LogP contribution in [0.25, 0.3) is 22.4 Å². The predicted molar refractivity (Wildman–Crippen MR) is 111 cm³/mol. The third-order valence-corrected chi connectivity index (χ3v) is 4.68. The highest BCUT2D eigenvalue weighted by Gasteiger charge is 2.26. The number of nitrogens with one attached hydrogen (secondary N) is 1. The van der Waals surface area contributed by atoms with E-state index < -0.39 is 6.04 Å². The quantitative estimate of drug-likeness (QED) is 0.692. The number of hydrogen-bond donors (Lipinski definition) is 1. The van der Waals surface area contributed by atoms with Gasteiger partial charge in [0, 0.05) is 19.7 Å². The topological polar surface area (TPSA) is 88.3 Å².